The van der Waals surface area contributed by atoms with Crippen molar-refractivity contribution in [3.8, 4) is 0 Å². The molecule has 38 heavy (non-hydrogen) atoms. The van der Waals surface area contributed by atoms with Gasteiger partial charge in [-0.25, -0.2) is 0 Å². The average molecular weight is 529 g/mol. The Bertz CT molecular complexity index is 887. The molecule has 4 N–H and O–H groups in total. The van der Waals surface area contributed by atoms with Crippen molar-refractivity contribution in [3.63, 3.8) is 0 Å². The number of carboxylic acids is 1. The van der Waals surface area contributed by atoms with Gasteiger partial charge in [0.25, 0.3) is 0 Å². The Hall–Kier alpha value is -1.95. The van der Waals surface area contributed by atoms with Crippen LogP contribution in [0.3, 0.4) is 0 Å². The van der Waals surface area contributed by atoms with Crippen molar-refractivity contribution in [2.45, 2.75) is 129 Å². The summed E-state index contributed by atoms with van der Waals surface area (Å²) in [6.45, 7) is 4.12. The van der Waals surface area contributed by atoms with E-state index in [4.69, 9.17) is 5.11 Å². The first-order valence-electron chi connectivity index (χ1n) is 15.0. The van der Waals surface area contributed by atoms with E-state index in [-0.39, 0.29) is 13.0 Å². The molecule has 1 aliphatic carbocycles. The maximum Gasteiger partial charge on any atom is 0.303 e. The summed E-state index contributed by atoms with van der Waals surface area (Å²) in [6, 6.07) is 6.66. The van der Waals surface area contributed by atoms with E-state index in [9.17, 15) is 20.1 Å². The molecule has 0 radical (unpaired) electrons. The third-order valence-corrected chi connectivity index (χ3v) is 8.03. The van der Waals surface area contributed by atoms with Crippen LogP contribution in [0.4, 0.5) is 0 Å². The SMILES string of the molecule is CCCCC[C@H](O)/C=C/C1=C(\C[C@H](O)CO)C[C@H](CCCCCC(=O)O)CCc2c(CC)cccc2CC1. The predicted molar refractivity (Wildman–Crippen MR) is 155 cm³/mol. The van der Waals surface area contributed by atoms with Crippen LogP contribution >= 0.6 is 0 Å². The number of aliphatic hydroxyl groups excluding tert-OH is 3. The van der Waals surface area contributed by atoms with Crippen molar-refractivity contribution in [1.82, 2.24) is 0 Å². The summed E-state index contributed by atoms with van der Waals surface area (Å²) in [5.74, 6) is -0.307. The molecule has 1 aliphatic rings. The average Bonchev–Trinajstić information content (AvgIpc) is 2.90. The normalized spacial score (nSPS) is 20.3. The fraction of sp³-hybridized carbons (Fsp3) is 0.667. The third-order valence-electron chi connectivity index (χ3n) is 8.03. The number of hydrogen-bond donors (Lipinski definition) is 4. The van der Waals surface area contributed by atoms with Gasteiger partial charge in [0, 0.05) is 6.42 Å². The molecule has 214 valence electrons. The number of benzene rings is 1. The Morgan fingerprint density at radius 3 is 2.58 bits per heavy atom. The summed E-state index contributed by atoms with van der Waals surface area (Å²) in [7, 11) is 0. The standard InChI is InChI=1S/C33H52O5/c1-3-5-7-14-30(35)20-19-27-17-18-28-13-10-12-26(4-2)32(28)21-16-25(11-8-6-9-15-33(37)38)22-29(27)23-31(36)24-34/h10,12-13,19-20,25,30-31,34-36H,3-9,11,14-18,21-24H2,1-2H3,(H,37,38)/b20-19+,29-27-/t25-,30+,31+/m1/s1. The maximum atomic E-state index is 10.9. The number of rotatable bonds is 16. The summed E-state index contributed by atoms with van der Waals surface area (Å²) in [6.07, 6.45) is 16.8. The number of carboxylic acid groups (broad SMARTS) is 1. The van der Waals surface area contributed by atoms with E-state index in [2.05, 4.69) is 38.1 Å². The van der Waals surface area contributed by atoms with Gasteiger partial charge in [-0.1, -0.05) is 88.3 Å². The largest absolute Gasteiger partial charge is 0.481 e. The first-order chi connectivity index (χ1) is 18.4. The molecule has 0 heterocycles. The lowest BCUT2D eigenvalue weighted by atomic mass is 9.80. The lowest BCUT2D eigenvalue weighted by molar-refractivity contribution is -0.137. The molecule has 0 fully saturated rings. The summed E-state index contributed by atoms with van der Waals surface area (Å²) >= 11 is 0. The third kappa shape index (κ3) is 11.8. The molecule has 2 rings (SSSR count). The lowest BCUT2D eigenvalue weighted by Gasteiger charge is -2.26. The molecule has 0 spiro atoms. The molecule has 1 aromatic rings. The quantitative estimate of drug-likeness (QED) is 0.179. The number of carbonyl (C=O) groups is 1. The molecule has 0 bridgehead atoms. The van der Waals surface area contributed by atoms with Crippen LogP contribution in [-0.4, -0.2) is 45.2 Å². The Kier molecular flexibility index (Phi) is 15.6. The van der Waals surface area contributed by atoms with Crippen molar-refractivity contribution in [2.24, 2.45) is 5.92 Å². The van der Waals surface area contributed by atoms with Crippen molar-refractivity contribution < 1.29 is 25.2 Å². The molecule has 0 unspecified atom stereocenters. The van der Waals surface area contributed by atoms with Gasteiger partial charge in [-0.15, -0.1) is 0 Å². The van der Waals surface area contributed by atoms with Crippen LogP contribution in [0.25, 0.3) is 0 Å². The maximum absolute atomic E-state index is 10.9. The fourth-order valence-electron chi connectivity index (χ4n) is 5.77. The van der Waals surface area contributed by atoms with Gasteiger partial charge >= 0.3 is 5.97 Å². The zero-order valence-electron chi connectivity index (χ0n) is 23.8. The van der Waals surface area contributed by atoms with E-state index in [1.165, 1.54) is 27.8 Å². The minimum atomic E-state index is -0.791. The predicted octanol–water partition coefficient (Wildman–Crippen LogP) is 6.71. The van der Waals surface area contributed by atoms with Crippen LogP contribution in [0.5, 0.6) is 0 Å². The van der Waals surface area contributed by atoms with Crippen LogP contribution < -0.4 is 0 Å². The topological polar surface area (TPSA) is 98.0 Å². The van der Waals surface area contributed by atoms with Gasteiger partial charge in [0.2, 0.25) is 0 Å². The second-order valence-corrected chi connectivity index (χ2v) is 11.1. The lowest BCUT2D eigenvalue weighted by Crippen LogP contribution is -2.17. The van der Waals surface area contributed by atoms with E-state index in [1.54, 1.807) is 0 Å². The minimum Gasteiger partial charge on any atom is -0.481 e. The molecule has 0 saturated carbocycles. The van der Waals surface area contributed by atoms with Crippen LogP contribution in [0.15, 0.2) is 41.5 Å². The fourth-order valence-corrected chi connectivity index (χ4v) is 5.77. The Morgan fingerprint density at radius 2 is 1.87 bits per heavy atom. The van der Waals surface area contributed by atoms with Gasteiger partial charge in [0.15, 0.2) is 0 Å². The number of fused-ring (bicyclic) bond motifs is 1. The molecule has 1 aromatic carbocycles. The van der Waals surface area contributed by atoms with Crippen molar-refractivity contribution in [2.75, 3.05) is 6.61 Å². The van der Waals surface area contributed by atoms with E-state index < -0.39 is 18.2 Å². The molecule has 3 atom stereocenters. The first-order valence-corrected chi connectivity index (χ1v) is 15.0. The van der Waals surface area contributed by atoms with Crippen LogP contribution in [0.2, 0.25) is 0 Å². The zero-order chi connectivity index (χ0) is 27.8. The van der Waals surface area contributed by atoms with Gasteiger partial charge in [0.05, 0.1) is 18.8 Å². The summed E-state index contributed by atoms with van der Waals surface area (Å²) in [5, 5.41) is 39.6. The van der Waals surface area contributed by atoms with Gasteiger partial charge in [-0.2, -0.15) is 0 Å². The Morgan fingerprint density at radius 1 is 1.05 bits per heavy atom. The van der Waals surface area contributed by atoms with Crippen LogP contribution in [-0.2, 0) is 24.1 Å². The first kappa shape index (κ1) is 32.3. The van der Waals surface area contributed by atoms with Crippen molar-refractivity contribution in [1.29, 1.82) is 0 Å². The molecule has 5 heteroatoms. The van der Waals surface area contributed by atoms with E-state index >= 15 is 0 Å². The molecule has 0 aliphatic heterocycles. The number of aryl methyl sites for hydroxylation is 2. The molecule has 5 nitrogen and oxygen atoms in total. The number of aliphatic hydroxyl groups is 3. The number of unbranched alkanes of at least 4 members (excludes halogenated alkanes) is 4. The van der Waals surface area contributed by atoms with Crippen LogP contribution in [0.1, 0.15) is 114 Å². The Labute approximate surface area is 230 Å². The monoisotopic (exact) mass is 528 g/mol. The second kappa shape index (κ2) is 18.4. The summed E-state index contributed by atoms with van der Waals surface area (Å²) < 4.78 is 0. The van der Waals surface area contributed by atoms with E-state index in [1.807, 2.05) is 6.08 Å². The number of hydrogen-bond acceptors (Lipinski definition) is 4. The van der Waals surface area contributed by atoms with Crippen LogP contribution in [0, 0.1) is 5.92 Å². The van der Waals surface area contributed by atoms with E-state index in [0.717, 1.165) is 83.5 Å². The second-order valence-electron chi connectivity index (χ2n) is 11.1. The smallest absolute Gasteiger partial charge is 0.303 e. The number of allylic oxidation sites excluding steroid dienone is 2. The van der Waals surface area contributed by atoms with Crippen molar-refractivity contribution >= 4 is 5.97 Å². The highest BCUT2D eigenvalue weighted by molar-refractivity contribution is 5.66. The van der Waals surface area contributed by atoms with Gasteiger partial charge in [0.1, 0.15) is 0 Å². The minimum absolute atomic E-state index is 0.223. The Balaban J connectivity index is 2.36. The number of aliphatic carboxylic acids is 1. The molecular weight excluding hydrogens is 476 g/mol. The molecule has 0 saturated heterocycles. The summed E-state index contributed by atoms with van der Waals surface area (Å²) in [4.78, 5) is 10.9. The van der Waals surface area contributed by atoms with Crippen molar-refractivity contribution in [3.05, 3.63) is 58.2 Å². The van der Waals surface area contributed by atoms with E-state index in [0.29, 0.717) is 18.8 Å². The molecule has 0 aromatic heterocycles. The highest BCUT2D eigenvalue weighted by atomic mass is 16.4. The highest BCUT2D eigenvalue weighted by Gasteiger charge is 2.20. The zero-order valence-corrected chi connectivity index (χ0v) is 23.8. The van der Waals surface area contributed by atoms with Gasteiger partial charge in [-0.05, 0) is 86.0 Å². The molecule has 0 amide bonds. The molecular formula is C33H52O5. The highest BCUT2D eigenvalue weighted by Crippen LogP contribution is 2.33. The van der Waals surface area contributed by atoms with Gasteiger partial charge < -0.3 is 20.4 Å². The van der Waals surface area contributed by atoms with Gasteiger partial charge in [-0.3, -0.25) is 4.79 Å². The summed E-state index contributed by atoms with van der Waals surface area (Å²) in [5.41, 5.74) is 6.66.